The molecule has 2 saturated heterocycles. The van der Waals surface area contributed by atoms with Gasteiger partial charge in [0.25, 0.3) is 5.91 Å². The summed E-state index contributed by atoms with van der Waals surface area (Å²) < 4.78 is 0. The normalized spacial score (nSPS) is 23.4. The van der Waals surface area contributed by atoms with Crippen molar-refractivity contribution in [3.8, 4) is 0 Å². The minimum Gasteiger partial charge on any atom is -0.352 e. The van der Waals surface area contributed by atoms with Crippen LogP contribution in [0.3, 0.4) is 0 Å². The fourth-order valence-corrected chi connectivity index (χ4v) is 3.63. The maximum Gasteiger partial charge on any atom is 0.332 e. The van der Waals surface area contributed by atoms with Gasteiger partial charge in [0.2, 0.25) is 5.91 Å². The molecule has 0 radical (unpaired) electrons. The highest BCUT2D eigenvalue weighted by atomic mass is 35.5. The molecule has 4 amide bonds. The molecule has 2 aliphatic heterocycles. The largest absolute Gasteiger partial charge is 0.352 e. The van der Waals surface area contributed by atoms with Gasteiger partial charge in [0.15, 0.2) is 0 Å². The van der Waals surface area contributed by atoms with Gasteiger partial charge in [-0.2, -0.15) is 11.8 Å². The Bertz CT molecular complexity index is 667. The Labute approximate surface area is 149 Å². The van der Waals surface area contributed by atoms with Gasteiger partial charge in [-0.05, 0) is 43.4 Å². The van der Waals surface area contributed by atoms with E-state index in [4.69, 9.17) is 11.6 Å². The van der Waals surface area contributed by atoms with Gasteiger partial charge in [-0.15, -0.1) is 0 Å². The van der Waals surface area contributed by atoms with Crippen LogP contribution in [-0.4, -0.2) is 53.4 Å². The number of amides is 4. The summed E-state index contributed by atoms with van der Waals surface area (Å²) in [5.74, 6) is 0.118. The number of anilines is 1. The lowest BCUT2D eigenvalue weighted by Crippen LogP contribution is -2.50. The predicted octanol–water partition coefficient (Wildman–Crippen LogP) is 2.12. The van der Waals surface area contributed by atoms with E-state index in [2.05, 4.69) is 5.32 Å². The number of benzene rings is 1. The number of urea groups is 1. The lowest BCUT2D eigenvalue weighted by Gasteiger charge is -2.32. The Kier molecular flexibility index (Phi) is 5.01. The van der Waals surface area contributed by atoms with Crippen LogP contribution in [0.2, 0.25) is 5.02 Å². The molecule has 2 heterocycles. The molecule has 6 nitrogen and oxygen atoms in total. The molecule has 3 rings (SSSR count). The number of thioether (sulfide) groups is 1. The highest BCUT2D eigenvalue weighted by Gasteiger charge is 2.48. The number of imide groups is 1. The second-order valence-electron chi connectivity index (χ2n) is 5.86. The monoisotopic (exact) mass is 367 g/mol. The maximum atomic E-state index is 12.7. The molecule has 0 aromatic heterocycles. The Balaban J connectivity index is 1.73. The standard InChI is InChI=1S/C16H18ClN3O3S/c1-24-9-14(21)18-11-6-7-19-13(8-11)15(22)20(16(19)23)12-4-2-10(17)3-5-12/h2-5,11,13H,6-9H2,1H3,(H,18,21)/t11-,13+/m1/s1. The van der Waals surface area contributed by atoms with Gasteiger partial charge in [0.05, 0.1) is 11.4 Å². The van der Waals surface area contributed by atoms with E-state index in [-0.39, 0.29) is 23.9 Å². The van der Waals surface area contributed by atoms with Crippen molar-refractivity contribution in [3.05, 3.63) is 29.3 Å². The van der Waals surface area contributed by atoms with Crippen LogP contribution >= 0.6 is 23.4 Å². The summed E-state index contributed by atoms with van der Waals surface area (Å²) >= 11 is 7.32. The molecule has 1 aromatic rings. The van der Waals surface area contributed by atoms with E-state index < -0.39 is 6.04 Å². The predicted molar refractivity (Wildman–Crippen MR) is 94.4 cm³/mol. The van der Waals surface area contributed by atoms with Gasteiger partial charge < -0.3 is 10.2 Å². The van der Waals surface area contributed by atoms with Crippen molar-refractivity contribution in [2.45, 2.75) is 24.9 Å². The van der Waals surface area contributed by atoms with Crippen molar-refractivity contribution >= 4 is 46.9 Å². The smallest absolute Gasteiger partial charge is 0.332 e. The van der Waals surface area contributed by atoms with Crippen molar-refractivity contribution in [1.29, 1.82) is 0 Å². The topological polar surface area (TPSA) is 69.7 Å². The summed E-state index contributed by atoms with van der Waals surface area (Å²) in [5, 5.41) is 3.49. The quantitative estimate of drug-likeness (QED) is 0.827. The Hall–Kier alpha value is -1.73. The number of fused-ring (bicyclic) bond motifs is 1. The van der Waals surface area contributed by atoms with Gasteiger partial charge in [0.1, 0.15) is 6.04 Å². The van der Waals surface area contributed by atoms with Crippen LogP contribution in [0.25, 0.3) is 0 Å². The van der Waals surface area contributed by atoms with E-state index in [1.54, 1.807) is 29.2 Å². The Morgan fingerprint density at radius 1 is 1.33 bits per heavy atom. The van der Waals surface area contributed by atoms with Crippen molar-refractivity contribution in [1.82, 2.24) is 10.2 Å². The van der Waals surface area contributed by atoms with E-state index in [0.717, 1.165) is 0 Å². The third-order valence-corrected chi connectivity index (χ3v) is 5.07. The molecule has 0 saturated carbocycles. The summed E-state index contributed by atoms with van der Waals surface area (Å²) in [5.41, 5.74) is 0.520. The first-order chi connectivity index (χ1) is 11.5. The van der Waals surface area contributed by atoms with Crippen LogP contribution in [-0.2, 0) is 9.59 Å². The van der Waals surface area contributed by atoms with Crippen molar-refractivity contribution in [3.63, 3.8) is 0 Å². The number of hydrogen-bond donors (Lipinski definition) is 1. The summed E-state index contributed by atoms with van der Waals surface area (Å²) in [6.07, 6.45) is 2.98. The molecule has 0 bridgehead atoms. The van der Waals surface area contributed by atoms with Gasteiger partial charge in [-0.3, -0.25) is 9.59 Å². The molecule has 2 atom stereocenters. The molecular weight excluding hydrogens is 350 g/mol. The van der Waals surface area contributed by atoms with Crippen LogP contribution in [0, 0.1) is 0 Å². The number of piperidine rings is 1. The lowest BCUT2D eigenvalue weighted by molar-refractivity contribution is -0.123. The fraction of sp³-hybridized carbons (Fsp3) is 0.438. The Morgan fingerprint density at radius 3 is 2.71 bits per heavy atom. The van der Waals surface area contributed by atoms with Crippen molar-refractivity contribution < 1.29 is 14.4 Å². The van der Waals surface area contributed by atoms with Crippen LogP contribution in [0.5, 0.6) is 0 Å². The number of nitrogens with one attached hydrogen (secondary N) is 1. The first-order valence-electron chi connectivity index (χ1n) is 7.69. The van der Waals surface area contributed by atoms with E-state index in [0.29, 0.717) is 35.8 Å². The molecular formula is C16H18ClN3O3S. The van der Waals surface area contributed by atoms with Crippen LogP contribution < -0.4 is 10.2 Å². The second-order valence-corrected chi connectivity index (χ2v) is 7.17. The van der Waals surface area contributed by atoms with Crippen LogP contribution in [0.15, 0.2) is 24.3 Å². The molecule has 1 N–H and O–H groups in total. The molecule has 1 aromatic carbocycles. The van der Waals surface area contributed by atoms with Gasteiger partial charge in [-0.1, -0.05) is 11.6 Å². The molecule has 2 aliphatic rings. The molecule has 0 spiro atoms. The fourth-order valence-electron chi connectivity index (χ4n) is 3.16. The SMILES string of the molecule is CSCC(=O)N[C@@H]1CCN2C(=O)N(c3ccc(Cl)cc3)C(=O)[C@@H]2C1. The van der Waals surface area contributed by atoms with Crippen LogP contribution in [0.1, 0.15) is 12.8 Å². The molecule has 8 heteroatoms. The average Bonchev–Trinajstić information content (AvgIpc) is 2.80. The van der Waals surface area contributed by atoms with Gasteiger partial charge >= 0.3 is 6.03 Å². The van der Waals surface area contributed by atoms with Crippen LogP contribution in [0.4, 0.5) is 10.5 Å². The third-order valence-electron chi connectivity index (χ3n) is 4.27. The number of halogens is 1. The zero-order valence-corrected chi connectivity index (χ0v) is 14.8. The highest BCUT2D eigenvalue weighted by molar-refractivity contribution is 7.99. The van der Waals surface area contributed by atoms with Gasteiger partial charge in [0, 0.05) is 17.6 Å². The molecule has 2 fully saturated rings. The molecule has 0 aliphatic carbocycles. The minimum atomic E-state index is -0.512. The van der Waals surface area contributed by atoms with E-state index in [1.807, 2.05) is 6.26 Å². The summed E-state index contributed by atoms with van der Waals surface area (Å²) in [6, 6.07) is 5.73. The van der Waals surface area contributed by atoms with Crippen molar-refractivity contribution in [2.75, 3.05) is 23.5 Å². The van der Waals surface area contributed by atoms with E-state index in [9.17, 15) is 14.4 Å². The summed E-state index contributed by atoms with van der Waals surface area (Å²) in [4.78, 5) is 39.8. The molecule has 0 unspecified atom stereocenters. The number of carbonyl (C=O) groups is 3. The summed E-state index contributed by atoms with van der Waals surface area (Å²) in [7, 11) is 0. The lowest BCUT2D eigenvalue weighted by atomic mass is 9.98. The second kappa shape index (κ2) is 7.03. The number of hydrogen-bond acceptors (Lipinski definition) is 4. The minimum absolute atomic E-state index is 0.0349. The average molecular weight is 368 g/mol. The van der Waals surface area contributed by atoms with E-state index >= 15 is 0 Å². The number of carbonyl (C=O) groups excluding carboxylic acids is 3. The van der Waals surface area contributed by atoms with Gasteiger partial charge in [-0.25, -0.2) is 9.69 Å². The third kappa shape index (κ3) is 3.23. The number of rotatable bonds is 4. The summed E-state index contributed by atoms with van der Waals surface area (Å²) in [6.45, 7) is 0.462. The number of nitrogens with zero attached hydrogens (tertiary/aromatic N) is 2. The highest BCUT2D eigenvalue weighted by Crippen LogP contribution is 2.31. The molecule has 24 heavy (non-hydrogen) atoms. The first-order valence-corrected chi connectivity index (χ1v) is 9.47. The zero-order valence-electron chi connectivity index (χ0n) is 13.2. The Morgan fingerprint density at radius 2 is 2.04 bits per heavy atom. The van der Waals surface area contributed by atoms with Crippen molar-refractivity contribution in [2.24, 2.45) is 0 Å². The zero-order chi connectivity index (χ0) is 17.3. The van der Waals surface area contributed by atoms with E-state index in [1.165, 1.54) is 16.7 Å². The molecule has 128 valence electrons. The first kappa shape index (κ1) is 17.1. The maximum absolute atomic E-state index is 12.7.